The second-order valence-corrected chi connectivity index (χ2v) is 5.77. The molecule has 2 rings (SSSR count). The molecule has 0 aromatic heterocycles. The van der Waals surface area contributed by atoms with Gasteiger partial charge in [0.15, 0.2) is 0 Å². The van der Waals surface area contributed by atoms with Crippen molar-refractivity contribution in [2.45, 2.75) is 45.1 Å². The molecule has 2 N–H and O–H groups in total. The molecule has 0 fully saturated rings. The van der Waals surface area contributed by atoms with Crippen LogP contribution in [0.2, 0.25) is 0 Å². The van der Waals surface area contributed by atoms with Crippen molar-refractivity contribution < 1.29 is 15.0 Å². The van der Waals surface area contributed by atoms with E-state index in [1.807, 2.05) is 6.92 Å². The zero-order valence-corrected chi connectivity index (χ0v) is 11.1. The van der Waals surface area contributed by atoms with Gasteiger partial charge in [0.25, 0.3) is 0 Å². The summed E-state index contributed by atoms with van der Waals surface area (Å²) in [5, 5.41) is 19.5. The minimum Gasteiger partial charge on any atom is -0.478 e. The molecular weight excluding hydrogens is 228 g/mol. The monoisotopic (exact) mass is 248 g/mol. The SMILES string of the molecule is CC(C)C1CCC(C)(O)c2ccc(C(=O)O)cc21. The number of fused-ring (bicyclic) bond motifs is 1. The van der Waals surface area contributed by atoms with Crippen molar-refractivity contribution in [1.82, 2.24) is 0 Å². The van der Waals surface area contributed by atoms with Crippen LogP contribution in [-0.4, -0.2) is 16.2 Å². The zero-order valence-electron chi connectivity index (χ0n) is 11.1. The standard InChI is InChI=1S/C15H20O3/c1-9(2)11-6-7-15(3,18)13-5-4-10(14(16)17)8-12(11)13/h4-5,8-9,11,18H,6-7H2,1-3H3,(H,16,17). The molecule has 0 radical (unpaired) electrons. The first-order valence-corrected chi connectivity index (χ1v) is 6.43. The number of carbonyl (C=O) groups is 1. The van der Waals surface area contributed by atoms with Gasteiger partial charge in [0, 0.05) is 0 Å². The lowest BCUT2D eigenvalue weighted by Crippen LogP contribution is -2.30. The number of aromatic carboxylic acids is 1. The predicted molar refractivity (Wildman–Crippen MR) is 69.8 cm³/mol. The van der Waals surface area contributed by atoms with Crippen LogP contribution in [0.1, 0.15) is 61.0 Å². The number of benzene rings is 1. The number of aliphatic hydroxyl groups is 1. The van der Waals surface area contributed by atoms with Crippen LogP contribution in [0.25, 0.3) is 0 Å². The van der Waals surface area contributed by atoms with Crippen LogP contribution >= 0.6 is 0 Å². The summed E-state index contributed by atoms with van der Waals surface area (Å²) in [5.41, 5.74) is 1.35. The normalized spacial score (nSPS) is 27.1. The summed E-state index contributed by atoms with van der Waals surface area (Å²) in [6.07, 6.45) is 1.63. The number of hydrogen-bond donors (Lipinski definition) is 2. The van der Waals surface area contributed by atoms with Gasteiger partial charge in [0.05, 0.1) is 11.2 Å². The molecule has 1 aliphatic carbocycles. The third kappa shape index (κ3) is 2.15. The first-order valence-electron chi connectivity index (χ1n) is 6.43. The smallest absolute Gasteiger partial charge is 0.335 e. The lowest BCUT2D eigenvalue weighted by atomic mass is 9.70. The van der Waals surface area contributed by atoms with Crippen LogP contribution in [0.4, 0.5) is 0 Å². The van der Waals surface area contributed by atoms with Gasteiger partial charge in [-0.1, -0.05) is 19.9 Å². The Hall–Kier alpha value is -1.35. The zero-order chi connectivity index (χ0) is 13.5. The summed E-state index contributed by atoms with van der Waals surface area (Å²) in [7, 11) is 0. The van der Waals surface area contributed by atoms with E-state index in [4.69, 9.17) is 5.11 Å². The second-order valence-electron chi connectivity index (χ2n) is 5.77. The van der Waals surface area contributed by atoms with Gasteiger partial charge >= 0.3 is 5.97 Å². The molecule has 0 aliphatic heterocycles. The van der Waals surface area contributed by atoms with Gasteiger partial charge in [0.2, 0.25) is 0 Å². The molecule has 3 heteroatoms. The fraction of sp³-hybridized carbons (Fsp3) is 0.533. The second kappa shape index (κ2) is 4.39. The number of hydrogen-bond acceptors (Lipinski definition) is 2. The highest BCUT2D eigenvalue weighted by atomic mass is 16.4. The van der Waals surface area contributed by atoms with E-state index in [-0.39, 0.29) is 0 Å². The van der Waals surface area contributed by atoms with Crippen LogP contribution in [0.3, 0.4) is 0 Å². The largest absolute Gasteiger partial charge is 0.478 e. The molecule has 3 nitrogen and oxygen atoms in total. The molecule has 2 unspecified atom stereocenters. The molecule has 98 valence electrons. The highest BCUT2D eigenvalue weighted by Gasteiger charge is 2.35. The maximum atomic E-state index is 11.1. The van der Waals surface area contributed by atoms with Crippen molar-refractivity contribution in [2.24, 2.45) is 5.92 Å². The van der Waals surface area contributed by atoms with E-state index in [1.165, 1.54) is 0 Å². The van der Waals surface area contributed by atoms with Crippen LogP contribution in [0, 0.1) is 5.92 Å². The number of rotatable bonds is 2. The Labute approximate surface area is 107 Å². The Morgan fingerprint density at radius 2 is 2.11 bits per heavy atom. The van der Waals surface area contributed by atoms with Crippen LogP contribution < -0.4 is 0 Å². The molecule has 0 bridgehead atoms. The summed E-state index contributed by atoms with van der Waals surface area (Å²) in [4.78, 5) is 11.1. The number of carboxylic acids is 1. The predicted octanol–water partition coefficient (Wildman–Crippen LogP) is 3.13. The van der Waals surface area contributed by atoms with Crippen molar-refractivity contribution >= 4 is 5.97 Å². The summed E-state index contributed by atoms with van der Waals surface area (Å²) in [6.45, 7) is 6.09. The third-order valence-corrected chi connectivity index (χ3v) is 4.03. The average molecular weight is 248 g/mol. The topological polar surface area (TPSA) is 57.5 Å². The average Bonchev–Trinajstić information content (AvgIpc) is 2.27. The van der Waals surface area contributed by atoms with Crippen molar-refractivity contribution in [3.63, 3.8) is 0 Å². The molecule has 18 heavy (non-hydrogen) atoms. The molecule has 0 saturated heterocycles. The Morgan fingerprint density at radius 3 is 2.67 bits per heavy atom. The first-order chi connectivity index (χ1) is 8.33. The molecule has 1 aromatic rings. The van der Waals surface area contributed by atoms with Gasteiger partial charge < -0.3 is 10.2 Å². The van der Waals surface area contributed by atoms with E-state index < -0.39 is 11.6 Å². The Kier molecular flexibility index (Phi) is 3.20. The lowest BCUT2D eigenvalue weighted by Gasteiger charge is -2.37. The van der Waals surface area contributed by atoms with E-state index in [2.05, 4.69) is 13.8 Å². The fourth-order valence-electron chi connectivity index (χ4n) is 2.91. The van der Waals surface area contributed by atoms with Crippen molar-refractivity contribution in [1.29, 1.82) is 0 Å². The van der Waals surface area contributed by atoms with Gasteiger partial charge in [-0.15, -0.1) is 0 Å². The van der Waals surface area contributed by atoms with Crippen LogP contribution in [0.5, 0.6) is 0 Å². The molecule has 2 atom stereocenters. The Morgan fingerprint density at radius 1 is 1.44 bits per heavy atom. The molecule has 1 aromatic carbocycles. The molecule has 0 saturated carbocycles. The van der Waals surface area contributed by atoms with E-state index >= 15 is 0 Å². The maximum Gasteiger partial charge on any atom is 0.335 e. The third-order valence-electron chi connectivity index (χ3n) is 4.03. The van der Waals surface area contributed by atoms with Crippen LogP contribution in [0.15, 0.2) is 18.2 Å². The molecule has 0 heterocycles. The lowest BCUT2D eigenvalue weighted by molar-refractivity contribution is 0.0317. The van der Waals surface area contributed by atoms with E-state index in [0.29, 0.717) is 17.4 Å². The van der Waals surface area contributed by atoms with Gasteiger partial charge in [0.1, 0.15) is 0 Å². The van der Waals surface area contributed by atoms with Gasteiger partial charge in [-0.25, -0.2) is 4.79 Å². The van der Waals surface area contributed by atoms with Crippen molar-refractivity contribution in [2.75, 3.05) is 0 Å². The fourth-order valence-corrected chi connectivity index (χ4v) is 2.91. The van der Waals surface area contributed by atoms with Crippen molar-refractivity contribution in [3.8, 4) is 0 Å². The summed E-state index contributed by atoms with van der Waals surface area (Å²) in [6, 6.07) is 5.08. The quantitative estimate of drug-likeness (QED) is 0.845. The summed E-state index contributed by atoms with van der Waals surface area (Å²) >= 11 is 0. The van der Waals surface area contributed by atoms with E-state index in [1.54, 1.807) is 18.2 Å². The molecule has 0 amide bonds. The highest BCUT2D eigenvalue weighted by molar-refractivity contribution is 5.88. The van der Waals surface area contributed by atoms with Crippen molar-refractivity contribution in [3.05, 3.63) is 34.9 Å². The summed E-state index contributed by atoms with van der Waals surface area (Å²) in [5.74, 6) is -0.131. The minimum absolute atomic E-state index is 0.303. The molecule has 0 spiro atoms. The minimum atomic E-state index is -0.912. The number of carboxylic acid groups (broad SMARTS) is 1. The van der Waals surface area contributed by atoms with Gasteiger partial charge in [-0.2, -0.15) is 0 Å². The van der Waals surface area contributed by atoms with E-state index in [9.17, 15) is 9.90 Å². The maximum absolute atomic E-state index is 11.1. The molecular formula is C15H20O3. The first kappa shape index (κ1) is 13.1. The van der Waals surface area contributed by atoms with Gasteiger partial charge in [-0.05, 0) is 54.9 Å². The van der Waals surface area contributed by atoms with Gasteiger partial charge in [-0.3, -0.25) is 0 Å². The summed E-state index contributed by atoms with van der Waals surface area (Å²) < 4.78 is 0. The molecule has 1 aliphatic rings. The van der Waals surface area contributed by atoms with Crippen LogP contribution in [-0.2, 0) is 5.60 Å². The Bertz CT molecular complexity index is 475. The highest BCUT2D eigenvalue weighted by Crippen LogP contribution is 2.44. The van der Waals surface area contributed by atoms with E-state index in [0.717, 1.165) is 24.0 Å². The Balaban J connectivity index is 2.57.